The van der Waals surface area contributed by atoms with Crippen LogP contribution in [0.25, 0.3) is 0 Å². The Bertz CT molecular complexity index is 359. The van der Waals surface area contributed by atoms with Crippen molar-refractivity contribution in [3.8, 4) is 0 Å². The summed E-state index contributed by atoms with van der Waals surface area (Å²) in [5.41, 5.74) is 6.86. The summed E-state index contributed by atoms with van der Waals surface area (Å²) < 4.78 is 0. The van der Waals surface area contributed by atoms with Crippen molar-refractivity contribution in [2.75, 3.05) is 13.1 Å². The van der Waals surface area contributed by atoms with E-state index in [1.54, 1.807) is 0 Å². The molecule has 1 rings (SSSR count). The molecule has 18 heavy (non-hydrogen) atoms. The third kappa shape index (κ3) is 4.49. The van der Waals surface area contributed by atoms with Gasteiger partial charge in [-0.3, -0.25) is 10.3 Å². The van der Waals surface area contributed by atoms with Gasteiger partial charge in [0.25, 0.3) is 0 Å². The zero-order valence-corrected chi connectivity index (χ0v) is 11.7. The van der Waals surface area contributed by atoms with Crippen LogP contribution in [0.4, 0.5) is 0 Å². The van der Waals surface area contributed by atoms with Gasteiger partial charge >= 0.3 is 0 Å². The van der Waals surface area contributed by atoms with Gasteiger partial charge in [0.1, 0.15) is 0 Å². The van der Waals surface area contributed by atoms with E-state index in [0.717, 1.165) is 13.1 Å². The molecular weight excluding hydrogens is 222 g/mol. The Hall–Kier alpha value is -1.35. The molecule has 0 spiro atoms. The summed E-state index contributed by atoms with van der Waals surface area (Å²) in [7, 11) is 0. The summed E-state index contributed by atoms with van der Waals surface area (Å²) in [5.74, 6) is 0.870. The fraction of sp³-hybridized carbons (Fsp3) is 0.533. The van der Waals surface area contributed by atoms with Gasteiger partial charge in [0.2, 0.25) is 0 Å². The van der Waals surface area contributed by atoms with E-state index in [1.165, 1.54) is 5.56 Å². The van der Waals surface area contributed by atoms with Gasteiger partial charge < -0.3 is 5.73 Å². The first-order chi connectivity index (χ1) is 8.54. The highest BCUT2D eigenvalue weighted by atomic mass is 15.2. The second kappa shape index (κ2) is 7.17. The monoisotopic (exact) mass is 247 g/mol. The highest BCUT2D eigenvalue weighted by Gasteiger charge is 2.20. The number of rotatable bonds is 7. The molecule has 0 aliphatic rings. The molecule has 0 aromatic heterocycles. The Morgan fingerprint density at radius 2 is 1.89 bits per heavy atom. The maximum atomic E-state index is 7.58. The van der Waals surface area contributed by atoms with E-state index in [2.05, 4.69) is 37.8 Å². The number of nitrogens with zero attached hydrogens (tertiary/aromatic N) is 1. The van der Waals surface area contributed by atoms with E-state index in [1.807, 2.05) is 18.2 Å². The van der Waals surface area contributed by atoms with Crippen LogP contribution >= 0.6 is 0 Å². The fourth-order valence-electron chi connectivity index (χ4n) is 2.29. The summed E-state index contributed by atoms with van der Waals surface area (Å²) in [6.07, 6.45) is 0.602. The van der Waals surface area contributed by atoms with Crippen LogP contribution in [0.2, 0.25) is 0 Å². The van der Waals surface area contributed by atoms with Crippen molar-refractivity contribution in [1.82, 2.24) is 4.90 Å². The molecule has 0 saturated carbocycles. The van der Waals surface area contributed by atoms with Crippen molar-refractivity contribution in [3.63, 3.8) is 0 Å². The summed E-state index contributed by atoms with van der Waals surface area (Å²) >= 11 is 0. The maximum absolute atomic E-state index is 7.58. The van der Waals surface area contributed by atoms with Gasteiger partial charge in [0.15, 0.2) is 0 Å². The lowest BCUT2D eigenvalue weighted by Gasteiger charge is -2.32. The van der Waals surface area contributed by atoms with Crippen molar-refractivity contribution in [3.05, 3.63) is 35.9 Å². The molecule has 1 aromatic carbocycles. The second-order valence-corrected chi connectivity index (χ2v) is 5.14. The lowest BCUT2D eigenvalue weighted by Crippen LogP contribution is -2.34. The Balaban J connectivity index is 2.92. The fourth-order valence-corrected chi connectivity index (χ4v) is 2.29. The molecule has 0 aliphatic heterocycles. The van der Waals surface area contributed by atoms with Crippen LogP contribution < -0.4 is 5.73 Å². The Kier molecular flexibility index (Phi) is 5.86. The zero-order chi connectivity index (χ0) is 13.5. The first-order valence-electron chi connectivity index (χ1n) is 6.66. The number of hydrogen-bond donors (Lipinski definition) is 2. The van der Waals surface area contributed by atoms with Gasteiger partial charge in [0, 0.05) is 19.0 Å². The minimum Gasteiger partial charge on any atom is -0.388 e. The molecule has 3 heteroatoms. The molecule has 0 amide bonds. The van der Waals surface area contributed by atoms with E-state index in [0.29, 0.717) is 12.3 Å². The van der Waals surface area contributed by atoms with E-state index in [4.69, 9.17) is 11.1 Å². The molecule has 0 fully saturated rings. The van der Waals surface area contributed by atoms with Gasteiger partial charge in [-0.05, 0) is 18.0 Å². The van der Waals surface area contributed by atoms with Crippen LogP contribution in [-0.2, 0) is 0 Å². The quantitative estimate of drug-likeness (QED) is 0.575. The average Bonchev–Trinajstić information content (AvgIpc) is 2.34. The van der Waals surface area contributed by atoms with E-state index < -0.39 is 0 Å². The molecular formula is C15H25N3. The van der Waals surface area contributed by atoms with Crippen LogP contribution in [-0.4, -0.2) is 23.8 Å². The third-order valence-electron chi connectivity index (χ3n) is 3.04. The van der Waals surface area contributed by atoms with Crippen LogP contribution in [0.1, 0.15) is 38.8 Å². The van der Waals surface area contributed by atoms with Gasteiger partial charge in [-0.1, -0.05) is 51.1 Å². The predicted molar refractivity (Wildman–Crippen MR) is 77.8 cm³/mol. The van der Waals surface area contributed by atoms with E-state index in [9.17, 15) is 0 Å². The van der Waals surface area contributed by atoms with Crippen LogP contribution in [0.3, 0.4) is 0 Å². The molecule has 1 unspecified atom stereocenters. The molecule has 100 valence electrons. The first-order valence-corrected chi connectivity index (χ1v) is 6.66. The summed E-state index contributed by atoms with van der Waals surface area (Å²) in [4.78, 5) is 2.40. The Morgan fingerprint density at radius 1 is 1.28 bits per heavy atom. The zero-order valence-electron chi connectivity index (χ0n) is 11.7. The van der Waals surface area contributed by atoms with Crippen molar-refractivity contribution in [2.24, 2.45) is 11.7 Å². The van der Waals surface area contributed by atoms with E-state index in [-0.39, 0.29) is 11.9 Å². The standard InChI is InChI=1S/C15H25N3/c1-4-18(11-12(2)3)14(10-15(16)17)13-8-6-5-7-9-13/h5-9,12,14H,4,10-11H2,1-3H3,(H3,16,17). The second-order valence-electron chi connectivity index (χ2n) is 5.14. The third-order valence-corrected chi connectivity index (χ3v) is 3.04. The van der Waals surface area contributed by atoms with Gasteiger partial charge in [-0.15, -0.1) is 0 Å². The smallest absolute Gasteiger partial charge is 0.0924 e. The molecule has 0 saturated heterocycles. The molecule has 3 nitrogen and oxygen atoms in total. The SMILES string of the molecule is CCN(CC(C)C)C(CC(=N)N)c1ccccc1. The lowest BCUT2D eigenvalue weighted by atomic mass is 10.00. The van der Waals surface area contributed by atoms with Gasteiger partial charge in [0.05, 0.1) is 5.84 Å². The molecule has 0 heterocycles. The maximum Gasteiger partial charge on any atom is 0.0924 e. The molecule has 0 aliphatic carbocycles. The van der Waals surface area contributed by atoms with Gasteiger partial charge in [-0.25, -0.2) is 0 Å². The van der Waals surface area contributed by atoms with Crippen LogP contribution in [0.5, 0.6) is 0 Å². The van der Waals surface area contributed by atoms with E-state index >= 15 is 0 Å². The molecule has 3 N–H and O–H groups in total. The number of nitrogens with one attached hydrogen (secondary N) is 1. The average molecular weight is 247 g/mol. The van der Waals surface area contributed by atoms with Crippen molar-refractivity contribution in [1.29, 1.82) is 5.41 Å². The van der Waals surface area contributed by atoms with Crippen LogP contribution in [0.15, 0.2) is 30.3 Å². The topological polar surface area (TPSA) is 53.1 Å². The number of hydrogen-bond acceptors (Lipinski definition) is 2. The largest absolute Gasteiger partial charge is 0.388 e. The summed E-state index contributed by atoms with van der Waals surface area (Å²) in [6.45, 7) is 8.61. The predicted octanol–water partition coefficient (Wildman–Crippen LogP) is 3.03. The minimum atomic E-state index is 0.219. The van der Waals surface area contributed by atoms with Crippen molar-refractivity contribution in [2.45, 2.75) is 33.2 Å². The van der Waals surface area contributed by atoms with Gasteiger partial charge in [-0.2, -0.15) is 0 Å². The number of nitrogens with two attached hydrogens (primary N) is 1. The summed E-state index contributed by atoms with van der Waals surface area (Å²) in [6, 6.07) is 10.6. The van der Waals surface area contributed by atoms with Crippen molar-refractivity contribution < 1.29 is 0 Å². The molecule has 1 aromatic rings. The summed E-state index contributed by atoms with van der Waals surface area (Å²) in [5, 5.41) is 7.58. The van der Waals surface area contributed by atoms with Crippen LogP contribution in [0, 0.1) is 11.3 Å². The number of amidine groups is 1. The molecule has 1 atom stereocenters. The normalized spacial score (nSPS) is 12.9. The Morgan fingerprint density at radius 3 is 2.33 bits per heavy atom. The highest BCUT2D eigenvalue weighted by molar-refractivity contribution is 5.77. The van der Waals surface area contributed by atoms with Crippen molar-refractivity contribution >= 4 is 5.84 Å². The lowest BCUT2D eigenvalue weighted by molar-refractivity contribution is 0.188. The highest BCUT2D eigenvalue weighted by Crippen LogP contribution is 2.24. The minimum absolute atomic E-state index is 0.219. The molecule has 0 bridgehead atoms. The first kappa shape index (κ1) is 14.7. The number of benzene rings is 1. The Labute approximate surface area is 111 Å². The molecule has 0 radical (unpaired) electrons.